The minimum absolute atomic E-state index is 0.0438. The van der Waals surface area contributed by atoms with E-state index in [0.717, 1.165) is 48.8 Å². The largest absolute Gasteiger partial charge is 0.303 e. The molecule has 3 aliphatic carbocycles. The van der Waals surface area contributed by atoms with Gasteiger partial charge in [0, 0.05) is 30.7 Å². The summed E-state index contributed by atoms with van der Waals surface area (Å²) in [5, 5.41) is 0. The lowest BCUT2D eigenvalue weighted by molar-refractivity contribution is -0.132. The van der Waals surface area contributed by atoms with Gasteiger partial charge in [0.1, 0.15) is 12.6 Å². The van der Waals surface area contributed by atoms with Crippen LogP contribution < -0.4 is 0 Å². The van der Waals surface area contributed by atoms with Crippen molar-refractivity contribution < 1.29 is 9.59 Å². The molecule has 0 aliphatic heterocycles. The molecule has 0 spiro atoms. The Hall–Kier alpha value is -1.58. The van der Waals surface area contributed by atoms with E-state index >= 15 is 0 Å². The zero-order chi connectivity index (χ0) is 23.8. The molecule has 4 nitrogen and oxygen atoms in total. The Morgan fingerprint density at radius 1 is 0.939 bits per heavy atom. The molecule has 0 saturated heterocycles. The molecule has 0 N–H and O–H groups in total. The number of fused-ring (bicyclic) bond motifs is 2. The summed E-state index contributed by atoms with van der Waals surface area (Å²) in [6, 6.07) is 0. The quantitative estimate of drug-likeness (QED) is 0.446. The van der Waals surface area contributed by atoms with Crippen molar-refractivity contribution in [1.29, 1.82) is 0 Å². The monoisotopic (exact) mass is 452 g/mol. The molecule has 0 radical (unpaired) electrons. The van der Waals surface area contributed by atoms with E-state index in [9.17, 15) is 9.59 Å². The van der Waals surface area contributed by atoms with Crippen molar-refractivity contribution in [2.45, 2.75) is 92.4 Å². The van der Waals surface area contributed by atoms with Crippen LogP contribution >= 0.6 is 0 Å². The first-order valence-electron chi connectivity index (χ1n) is 13.4. The Kier molecular flexibility index (Phi) is 7.13. The highest BCUT2D eigenvalue weighted by atomic mass is 16.1. The van der Waals surface area contributed by atoms with Crippen molar-refractivity contribution >= 4 is 12.6 Å². The van der Waals surface area contributed by atoms with Gasteiger partial charge >= 0.3 is 0 Å². The second kappa shape index (κ2) is 9.58. The summed E-state index contributed by atoms with van der Waals surface area (Å²) in [7, 11) is 0. The Labute approximate surface area is 200 Å². The summed E-state index contributed by atoms with van der Waals surface area (Å²) in [5.74, 6) is 2.85. The summed E-state index contributed by atoms with van der Waals surface area (Å²) in [4.78, 5) is 34.1. The molecule has 0 amide bonds. The molecule has 33 heavy (non-hydrogen) atoms. The van der Waals surface area contributed by atoms with Crippen LogP contribution in [0.25, 0.3) is 0 Å². The van der Waals surface area contributed by atoms with Crippen molar-refractivity contribution in [2.75, 3.05) is 0 Å². The van der Waals surface area contributed by atoms with Crippen molar-refractivity contribution in [3.05, 3.63) is 23.8 Å². The minimum atomic E-state index is -0.224. The first kappa shape index (κ1) is 24.5. The fourth-order valence-electron chi connectivity index (χ4n) is 8.44. The number of rotatable bonds is 8. The lowest BCUT2D eigenvalue weighted by Gasteiger charge is -2.55. The van der Waals surface area contributed by atoms with Crippen LogP contribution in [0.3, 0.4) is 0 Å². The van der Waals surface area contributed by atoms with E-state index in [1.54, 1.807) is 12.4 Å². The summed E-state index contributed by atoms with van der Waals surface area (Å²) in [6.45, 7) is 11.8. The van der Waals surface area contributed by atoms with Crippen LogP contribution in [-0.4, -0.2) is 22.5 Å². The standard InChI is InChI=1S/C29H44N2O2/c1-19(2)7-6-8-20(3)23-9-10-24-22(18-33)25(11-12-28(23,24)4)29(5)16-27-26(15-21(29)17-32)30-13-14-31-27/h13-14,17-25H,6-12,15-16H2,1-5H3/t20?,21-,22+,23-,24+,25+,28-,29+/m1/s1. The van der Waals surface area contributed by atoms with Gasteiger partial charge < -0.3 is 9.59 Å². The molecule has 2 saturated carbocycles. The predicted molar refractivity (Wildman–Crippen MR) is 132 cm³/mol. The van der Waals surface area contributed by atoms with Crippen molar-refractivity contribution in [1.82, 2.24) is 9.97 Å². The molecule has 182 valence electrons. The van der Waals surface area contributed by atoms with Gasteiger partial charge in [-0.1, -0.05) is 53.9 Å². The van der Waals surface area contributed by atoms with Crippen molar-refractivity contribution in [3.63, 3.8) is 0 Å². The van der Waals surface area contributed by atoms with Crippen LogP contribution in [-0.2, 0) is 22.4 Å². The Morgan fingerprint density at radius 2 is 1.64 bits per heavy atom. The van der Waals surface area contributed by atoms with Gasteiger partial charge in [0.25, 0.3) is 0 Å². The topological polar surface area (TPSA) is 59.9 Å². The van der Waals surface area contributed by atoms with Crippen molar-refractivity contribution in [2.24, 2.45) is 52.3 Å². The van der Waals surface area contributed by atoms with E-state index < -0.39 is 0 Å². The fourth-order valence-corrected chi connectivity index (χ4v) is 8.44. The first-order valence-corrected chi connectivity index (χ1v) is 13.4. The van der Waals surface area contributed by atoms with Gasteiger partial charge in [0.05, 0.1) is 11.4 Å². The van der Waals surface area contributed by atoms with Crippen LogP contribution in [0.5, 0.6) is 0 Å². The van der Waals surface area contributed by atoms with Gasteiger partial charge in [-0.3, -0.25) is 9.97 Å². The maximum absolute atomic E-state index is 12.7. The highest BCUT2D eigenvalue weighted by Gasteiger charge is 2.59. The highest BCUT2D eigenvalue weighted by Crippen LogP contribution is 2.64. The van der Waals surface area contributed by atoms with Crippen LogP contribution in [0, 0.1) is 52.3 Å². The number of hydrogen-bond donors (Lipinski definition) is 0. The van der Waals surface area contributed by atoms with E-state index in [0.29, 0.717) is 18.3 Å². The van der Waals surface area contributed by atoms with E-state index in [4.69, 9.17) is 0 Å². The van der Waals surface area contributed by atoms with Crippen LogP contribution in [0.15, 0.2) is 12.4 Å². The number of aldehydes is 2. The normalized spacial score (nSPS) is 39.0. The summed E-state index contributed by atoms with van der Waals surface area (Å²) in [6.07, 6.45) is 15.9. The maximum atomic E-state index is 12.7. The molecule has 1 aromatic rings. The highest BCUT2D eigenvalue weighted by molar-refractivity contribution is 5.60. The predicted octanol–water partition coefficient (Wildman–Crippen LogP) is 6.12. The molecule has 2 fully saturated rings. The fraction of sp³-hybridized carbons (Fsp3) is 0.793. The summed E-state index contributed by atoms with van der Waals surface area (Å²) >= 11 is 0. The van der Waals surface area contributed by atoms with Crippen LogP contribution in [0.2, 0.25) is 0 Å². The van der Waals surface area contributed by atoms with Gasteiger partial charge in [0.15, 0.2) is 0 Å². The van der Waals surface area contributed by atoms with Crippen LogP contribution in [0.1, 0.15) is 91.0 Å². The van der Waals surface area contributed by atoms with E-state index in [1.165, 1.54) is 38.4 Å². The molecular formula is C29H44N2O2. The average molecular weight is 453 g/mol. The molecule has 1 unspecified atom stereocenters. The molecular weight excluding hydrogens is 408 g/mol. The summed E-state index contributed by atoms with van der Waals surface area (Å²) < 4.78 is 0. The Bertz CT molecular complexity index is 854. The zero-order valence-corrected chi connectivity index (χ0v) is 21.4. The Morgan fingerprint density at radius 3 is 2.30 bits per heavy atom. The van der Waals surface area contributed by atoms with Crippen molar-refractivity contribution in [3.8, 4) is 0 Å². The average Bonchev–Trinajstić information content (AvgIpc) is 3.14. The maximum Gasteiger partial charge on any atom is 0.124 e. The molecule has 4 heteroatoms. The minimum Gasteiger partial charge on any atom is -0.303 e. The number of carbonyl (C=O) groups is 2. The molecule has 1 heterocycles. The molecule has 0 bridgehead atoms. The van der Waals surface area contributed by atoms with Crippen LogP contribution in [0.4, 0.5) is 0 Å². The van der Waals surface area contributed by atoms with Gasteiger partial charge in [-0.15, -0.1) is 0 Å². The van der Waals surface area contributed by atoms with Gasteiger partial charge in [-0.05, 0) is 72.5 Å². The molecule has 4 rings (SSSR count). The van der Waals surface area contributed by atoms with Gasteiger partial charge in [-0.2, -0.15) is 0 Å². The van der Waals surface area contributed by atoms with Gasteiger partial charge in [0.2, 0.25) is 0 Å². The molecule has 3 aliphatic rings. The van der Waals surface area contributed by atoms with Gasteiger partial charge in [-0.25, -0.2) is 0 Å². The third-order valence-corrected chi connectivity index (χ3v) is 10.4. The first-order chi connectivity index (χ1) is 15.7. The van der Waals surface area contributed by atoms with E-state index in [-0.39, 0.29) is 28.6 Å². The Balaban J connectivity index is 1.56. The molecule has 8 atom stereocenters. The third-order valence-electron chi connectivity index (χ3n) is 10.4. The molecule has 1 aromatic heterocycles. The SMILES string of the molecule is CC(C)CCCC(C)[C@H]1CC[C@H]2[C@H](C=O)[C@@H]([C@@]3(C)Cc4nccnc4C[C@@H]3C=O)CC[C@]12C. The number of aromatic nitrogens is 2. The smallest absolute Gasteiger partial charge is 0.124 e. The van der Waals surface area contributed by atoms with E-state index in [1.807, 2.05) is 0 Å². The lowest BCUT2D eigenvalue weighted by atomic mass is 9.49. The number of carbonyl (C=O) groups excluding carboxylic acids is 2. The third kappa shape index (κ3) is 4.32. The zero-order valence-electron chi connectivity index (χ0n) is 21.4. The summed E-state index contributed by atoms with van der Waals surface area (Å²) in [5.41, 5.74) is 2.02. The second-order valence-electron chi connectivity index (χ2n) is 12.5. The van der Waals surface area contributed by atoms with E-state index in [2.05, 4.69) is 44.6 Å². The number of nitrogens with zero attached hydrogens (tertiary/aromatic N) is 2. The molecule has 0 aromatic carbocycles. The number of hydrogen-bond acceptors (Lipinski definition) is 4. The lowest BCUT2D eigenvalue weighted by Crippen LogP contribution is -2.52. The second-order valence-corrected chi connectivity index (χ2v) is 12.5.